The fourth-order valence-electron chi connectivity index (χ4n) is 3.31. The fraction of sp³-hybridized carbons (Fsp3) is 0.786. The number of nitrogens with one attached hydrogen (secondary N) is 1. The zero-order chi connectivity index (χ0) is 14.6. The molecule has 0 aliphatic heterocycles. The summed E-state index contributed by atoms with van der Waals surface area (Å²) in [5.41, 5.74) is 3.63. The first-order valence-corrected chi connectivity index (χ1v) is 7.87. The molecular formula is C14H25ClN4O. The predicted molar refractivity (Wildman–Crippen MR) is 80.4 cm³/mol. The van der Waals surface area contributed by atoms with Gasteiger partial charge in [-0.25, -0.2) is 5.43 Å². The molecule has 1 fully saturated rings. The van der Waals surface area contributed by atoms with Gasteiger partial charge in [-0.05, 0) is 26.2 Å². The van der Waals surface area contributed by atoms with Crippen LogP contribution in [0.3, 0.4) is 0 Å². The van der Waals surface area contributed by atoms with Crippen LogP contribution >= 0.6 is 11.6 Å². The summed E-state index contributed by atoms with van der Waals surface area (Å²) in [5.74, 6) is 5.86. The van der Waals surface area contributed by atoms with Gasteiger partial charge in [0.1, 0.15) is 0 Å². The molecule has 1 heterocycles. The number of rotatable bonds is 7. The Morgan fingerprint density at radius 1 is 1.50 bits per heavy atom. The van der Waals surface area contributed by atoms with Crippen LogP contribution in [0, 0.1) is 0 Å². The Balaban J connectivity index is 2.37. The van der Waals surface area contributed by atoms with E-state index >= 15 is 0 Å². The van der Waals surface area contributed by atoms with Crippen LogP contribution in [0.5, 0.6) is 0 Å². The minimum absolute atomic E-state index is 0.119. The molecule has 1 atom stereocenters. The molecule has 0 amide bonds. The smallest absolute Gasteiger partial charge is 0.0933 e. The fourth-order valence-corrected chi connectivity index (χ4v) is 3.56. The molecule has 0 aromatic carbocycles. The normalized spacial score (nSPS) is 19.4. The number of ether oxygens (including phenoxy) is 1. The van der Waals surface area contributed by atoms with Crippen molar-refractivity contribution in [2.75, 3.05) is 6.61 Å². The lowest BCUT2D eigenvalue weighted by atomic mass is 9.89. The van der Waals surface area contributed by atoms with Gasteiger partial charge >= 0.3 is 0 Å². The summed E-state index contributed by atoms with van der Waals surface area (Å²) in [5, 5.41) is 5.03. The maximum atomic E-state index is 6.36. The van der Waals surface area contributed by atoms with Gasteiger partial charge in [0.2, 0.25) is 0 Å². The maximum absolute atomic E-state index is 6.36. The summed E-state index contributed by atoms with van der Waals surface area (Å²) in [6.07, 6.45) is 7.04. The summed E-state index contributed by atoms with van der Waals surface area (Å²) in [7, 11) is 0. The van der Waals surface area contributed by atoms with Gasteiger partial charge in [0.15, 0.2) is 0 Å². The van der Waals surface area contributed by atoms with Crippen LogP contribution in [0.4, 0.5) is 0 Å². The maximum Gasteiger partial charge on any atom is 0.0933 e. The van der Waals surface area contributed by atoms with E-state index in [1.165, 1.54) is 0 Å². The van der Waals surface area contributed by atoms with Gasteiger partial charge < -0.3 is 4.74 Å². The van der Waals surface area contributed by atoms with E-state index in [0.29, 0.717) is 11.6 Å². The summed E-state index contributed by atoms with van der Waals surface area (Å²) >= 11 is 6.36. The van der Waals surface area contributed by atoms with Crippen molar-refractivity contribution in [2.24, 2.45) is 5.84 Å². The topological polar surface area (TPSA) is 65.1 Å². The third-order valence-electron chi connectivity index (χ3n) is 4.12. The van der Waals surface area contributed by atoms with Crippen LogP contribution in [0.2, 0.25) is 5.02 Å². The highest BCUT2D eigenvalue weighted by molar-refractivity contribution is 6.31. The van der Waals surface area contributed by atoms with E-state index in [9.17, 15) is 0 Å². The summed E-state index contributed by atoms with van der Waals surface area (Å²) < 4.78 is 8.06. The van der Waals surface area contributed by atoms with E-state index in [1.807, 2.05) is 11.6 Å². The van der Waals surface area contributed by atoms with Gasteiger partial charge in [-0.3, -0.25) is 10.5 Å². The molecule has 1 saturated carbocycles. The second-order valence-electron chi connectivity index (χ2n) is 5.41. The predicted octanol–water partition coefficient (Wildman–Crippen LogP) is 2.80. The number of hydrazine groups is 1. The molecule has 3 N–H and O–H groups in total. The number of aryl methyl sites for hydroxylation is 1. The number of nitrogens with two attached hydrogens (primary N) is 1. The van der Waals surface area contributed by atoms with Crippen molar-refractivity contribution >= 4 is 11.6 Å². The van der Waals surface area contributed by atoms with Gasteiger partial charge in [0, 0.05) is 13.2 Å². The van der Waals surface area contributed by atoms with Gasteiger partial charge in [-0.1, -0.05) is 31.4 Å². The Morgan fingerprint density at radius 3 is 2.75 bits per heavy atom. The zero-order valence-corrected chi connectivity index (χ0v) is 13.1. The summed E-state index contributed by atoms with van der Waals surface area (Å²) in [6, 6.07) is -0.119. The SMILES string of the molecule is CCCn1ncc(Cl)c1C(NN)C1(OCC)CCCC1. The molecule has 6 heteroatoms. The minimum Gasteiger partial charge on any atom is -0.373 e. The van der Waals surface area contributed by atoms with Gasteiger partial charge in [-0.15, -0.1) is 0 Å². The largest absolute Gasteiger partial charge is 0.373 e. The summed E-state index contributed by atoms with van der Waals surface area (Å²) in [4.78, 5) is 0. The van der Waals surface area contributed by atoms with Crippen LogP contribution in [0.1, 0.15) is 57.7 Å². The van der Waals surface area contributed by atoms with Crippen LogP contribution in [0.15, 0.2) is 6.20 Å². The first-order valence-electron chi connectivity index (χ1n) is 7.49. The lowest BCUT2D eigenvalue weighted by Crippen LogP contribution is -2.48. The third-order valence-corrected chi connectivity index (χ3v) is 4.41. The first kappa shape index (κ1) is 15.8. The molecule has 1 aliphatic rings. The molecule has 0 bridgehead atoms. The first-order chi connectivity index (χ1) is 9.68. The lowest BCUT2D eigenvalue weighted by molar-refractivity contribution is -0.0646. The second kappa shape index (κ2) is 6.89. The third kappa shape index (κ3) is 2.86. The highest BCUT2D eigenvalue weighted by Gasteiger charge is 2.44. The van der Waals surface area contributed by atoms with E-state index in [4.69, 9.17) is 22.2 Å². The number of halogens is 1. The number of nitrogens with zero attached hydrogens (tertiary/aromatic N) is 2. The van der Waals surface area contributed by atoms with E-state index in [1.54, 1.807) is 6.20 Å². The Bertz CT molecular complexity index is 429. The molecule has 0 radical (unpaired) electrons. The Kier molecular flexibility index (Phi) is 5.43. The minimum atomic E-state index is -0.265. The molecule has 1 aromatic rings. The number of hydrogen-bond acceptors (Lipinski definition) is 4. The molecule has 0 saturated heterocycles. The van der Waals surface area contributed by atoms with Crippen LogP contribution < -0.4 is 11.3 Å². The van der Waals surface area contributed by atoms with Crippen molar-refractivity contribution in [1.29, 1.82) is 0 Å². The average Bonchev–Trinajstić information content (AvgIpc) is 3.03. The Morgan fingerprint density at radius 2 is 2.20 bits per heavy atom. The van der Waals surface area contributed by atoms with Gasteiger partial charge in [-0.2, -0.15) is 5.10 Å². The van der Waals surface area contributed by atoms with Gasteiger partial charge in [0.25, 0.3) is 0 Å². The molecule has 1 unspecified atom stereocenters. The Hall–Kier alpha value is -0.620. The van der Waals surface area contributed by atoms with Crippen LogP contribution in [-0.2, 0) is 11.3 Å². The second-order valence-corrected chi connectivity index (χ2v) is 5.81. The van der Waals surface area contributed by atoms with Crippen molar-refractivity contribution in [2.45, 2.75) is 64.1 Å². The van der Waals surface area contributed by atoms with Crippen molar-refractivity contribution in [1.82, 2.24) is 15.2 Å². The molecule has 5 nitrogen and oxygen atoms in total. The molecule has 20 heavy (non-hydrogen) atoms. The van der Waals surface area contributed by atoms with Crippen molar-refractivity contribution in [3.8, 4) is 0 Å². The molecule has 1 aromatic heterocycles. The van der Waals surface area contributed by atoms with E-state index in [2.05, 4.69) is 17.4 Å². The molecule has 2 rings (SSSR count). The molecule has 0 spiro atoms. The number of aromatic nitrogens is 2. The van der Waals surface area contributed by atoms with Crippen LogP contribution in [0.25, 0.3) is 0 Å². The molecule has 1 aliphatic carbocycles. The monoisotopic (exact) mass is 300 g/mol. The van der Waals surface area contributed by atoms with Gasteiger partial charge in [0.05, 0.1) is 28.6 Å². The highest BCUT2D eigenvalue weighted by Crippen LogP contribution is 2.44. The van der Waals surface area contributed by atoms with E-state index in [0.717, 1.165) is 44.3 Å². The lowest BCUT2D eigenvalue weighted by Gasteiger charge is -2.37. The summed E-state index contributed by atoms with van der Waals surface area (Å²) in [6.45, 7) is 5.66. The quantitative estimate of drug-likeness (QED) is 0.600. The van der Waals surface area contributed by atoms with Crippen molar-refractivity contribution in [3.63, 3.8) is 0 Å². The van der Waals surface area contributed by atoms with Crippen LogP contribution in [-0.4, -0.2) is 22.0 Å². The van der Waals surface area contributed by atoms with E-state index < -0.39 is 0 Å². The standard InChI is InChI=1S/C14H25ClN4O/c1-3-9-19-12(11(15)10-17-19)13(18-16)14(20-4-2)7-5-6-8-14/h10,13,18H,3-9,16H2,1-2H3. The van der Waals surface area contributed by atoms with E-state index in [-0.39, 0.29) is 11.6 Å². The van der Waals surface area contributed by atoms with Crippen molar-refractivity contribution < 1.29 is 4.74 Å². The molecule has 114 valence electrons. The Labute approximate surface area is 125 Å². The number of hydrogen-bond donors (Lipinski definition) is 2. The highest BCUT2D eigenvalue weighted by atomic mass is 35.5. The zero-order valence-electron chi connectivity index (χ0n) is 12.4. The molecular weight excluding hydrogens is 276 g/mol. The average molecular weight is 301 g/mol. The van der Waals surface area contributed by atoms with Crippen molar-refractivity contribution in [3.05, 3.63) is 16.9 Å².